The number of carbonyl (C=O) groups excluding carboxylic acids is 2. The van der Waals surface area contributed by atoms with E-state index in [4.69, 9.17) is 4.74 Å². The predicted molar refractivity (Wildman–Crippen MR) is 81.1 cm³/mol. The minimum Gasteiger partial charge on any atom is -0.351 e. The molecule has 4 heterocycles. The first-order valence-corrected chi connectivity index (χ1v) is 8.26. The number of rotatable bonds is 3. The maximum absolute atomic E-state index is 12.6. The van der Waals surface area contributed by atoms with Crippen molar-refractivity contribution in [3.05, 3.63) is 18.5 Å². The van der Waals surface area contributed by atoms with Gasteiger partial charge < -0.3 is 14.5 Å². The molecule has 7 nitrogen and oxygen atoms in total. The summed E-state index contributed by atoms with van der Waals surface area (Å²) in [6.45, 7) is 5.65. The van der Waals surface area contributed by atoms with E-state index in [0.717, 1.165) is 0 Å². The molecule has 1 spiro atoms. The van der Waals surface area contributed by atoms with Gasteiger partial charge in [-0.25, -0.2) is 0 Å². The van der Waals surface area contributed by atoms with Crippen LogP contribution in [-0.2, 0) is 20.9 Å². The summed E-state index contributed by atoms with van der Waals surface area (Å²) in [7, 11) is 0. The zero-order chi connectivity index (χ0) is 16.2. The van der Waals surface area contributed by atoms with Gasteiger partial charge in [0.1, 0.15) is 6.54 Å². The van der Waals surface area contributed by atoms with Gasteiger partial charge in [0, 0.05) is 25.4 Å². The third-order valence-electron chi connectivity index (χ3n) is 5.43. The van der Waals surface area contributed by atoms with Crippen LogP contribution in [0.15, 0.2) is 18.5 Å². The molecular weight excluding hydrogens is 296 g/mol. The Morgan fingerprint density at radius 1 is 1.52 bits per heavy atom. The lowest BCUT2D eigenvalue weighted by Crippen LogP contribution is -2.51. The lowest BCUT2D eigenvalue weighted by molar-refractivity contribution is -0.142. The zero-order valence-electron chi connectivity index (χ0n) is 13.5. The molecule has 0 saturated carbocycles. The van der Waals surface area contributed by atoms with Crippen LogP contribution in [0.4, 0.5) is 0 Å². The quantitative estimate of drug-likeness (QED) is 0.812. The fourth-order valence-corrected chi connectivity index (χ4v) is 4.29. The van der Waals surface area contributed by atoms with Crippen LogP contribution in [0.25, 0.3) is 0 Å². The van der Waals surface area contributed by atoms with Crippen molar-refractivity contribution in [3.63, 3.8) is 0 Å². The molecule has 0 N–H and O–H groups in total. The second-order valence-electron chi connectivity index (χ2n) is 6.99. The molecule has 3 fully saturated rings. The summed E-state index contributed by atoms with van der Waals surface area (Å²) in [4.78, 5) is 29.0. The molecule has 3 atom stereocenters. The van der Waals surface area contributed by atoms with Crippen LogP contribution in [0, 0.1) is 5.92 Å². The van der Waals surface area contributed by atoms with Gasteiger partial charge in [0.15, 0.2) is 5.72 Å². The molecule has 0 unspecified atom stereocenters. The fraction of sp³-hybridized carbons (Fsp3) is 0.688. The van der Waals surface area contributed by atoms with E-state index < -0.39 is 5.72 Å². The summed E-state index contributed by atoms with van der Waals surface area (Å²) >= 11 is 0. The monoisotopic (exact) mass is 318 g/mol. The smallest absolute Gasteiger partial charge is 0.244 e. The predicted octanol–water partition coefficient (Wildman–Crippen LogP) is 0.467. The molecule has 23 heavy (non-hydrogen) atoms. The van der Waals surface area contributed by atoms with Crippen LogP contribution >= 0.6 is 0 Å². The van der Waals surface area contributed by atoms with Crippen LogP contribution in [-0.4, -0.2) is 62.4 Å². The van der Waals surface area contributed by atoms with Crippen LogP contribution < -0.4 is 0 Å². The largest absolute Gasteiger partial charge is 0.351 e. The van der Waals surface area contributed by atoms with E-state index in [1.807, 2.05) is 9.80 Å². The van der Waals surface area contributed by atoms with Crippen LogP contribution in [0.1, 0.15) is 26.7 Å². The highest BCUT2D eigenvalue weighted by Gasteiger charge is 2.65. The van der Waals surface area contributed by atoms with Crippen molar-refractivity contribution in [1.82, 2.24) is 19.6 Å². The third kappa shape index (κ3) is 2.02. The van der Waals surface area contributed by atoms with Crippen molar-refractivity contribution in [2.75, 3.05) is 13.2 Å². The molecule has 2 amide bonds. The SMILES string of the molecule is CC(C)[C@@H]1CO[C@@]23CCN(C(=O)Cn4cccn4)[C@@H]2CC(=O)N13. The van der Waals surface area contributed by atoms with Gasteiger partial charge in [-0.2, -0.15) is 5.10 Å². The van der Waals surface area contributed by atoms with E-state index in [2.05, 4.69) is 18.9 Å². The average Bonchev–Trinajstić information content (AvgIpc) is 3.22. The van der Waals surface area contributed by atoms with Gasteiger partial charge in [-0.15, -0.1) is 0 Å². The van der Waals surface area contributed by atoms with Gasteiger partial charge in [0.25, 0.3) is 0 Å². The Kier molecular flexibility index (Phi) is 3.23. The molecule has 4 rings (SSSR count). The molecule has 124 valence electrons. The third-order valence-corrected chi connectivity index (χ3v) is 5.43. The van der Waals surface area contributed by atoms with Crippen molar-refractivity contribution in [2.24, 2.45) is 5.92 Å². The lowest BCUT2D eigenvalue weighted by Gasteiger charge is -2.34. The van der Waals surface area contributed by atoms with Crippen molar-refractivity contribution < 1.29 is 14.3 Å². The molecule has 0 aliphatic carbocycles. The van der Waals surface area contributed by atoms with E-state index in [9.17, 15) is 9.59 Å². The molecule has 1 aromatic rings. The number of amides is 2. The molecule has 3 saturated heterocycles. The molecule has 0 radical (unpaired) electrons. The maximum atomic E-state index is 12.6. The number of ether oxygens (including phenoxy) is 1. The van der Waals surface area contributed by atoms with E-state index in [-0.39, 0.29) is 30.4 Å². The Bertz CT molecular complexity index is 629. The topological polar surface area (TPSA) is 67.7 Å². The van der Waals surface area contributed by atoms with Crippen molar-refractivity contribution in [1.29, 1.82) is 0 Å². The lowest BCUT2D eigenvalue weighted by atomic mass is 10.0. The van der Waals surface area contributed by atoms with Gasteiger partial charge >= 0.3 is 0 Å². The van der Waals surface area contributed by atoms with E-state index in [1.54, 1.807) is 23.1 Å². The Labute approximate surface area is 135 Å². The minimum absolute atomic E-state index is 0.00169. The molecule has 1 aromatic heterocycles. The van der Waals surface area contributed by atoms with Gasteiger partial charge in [0.05, 0.1) is 25.1 Å². The molecule has 0 bridgehead atoms. The highest BCUT2D eigenvalue weighted by atomic mass is 16.5. The second-order valence-corrected chi connectivity index (χ2v) is 6.99. The second kappa shape index (κ2) is 5.06. The standard InChI is InChI=1S/C16H22N4O3/c1-11(2)12-10-23-16-4-7-19(13(16)8-14(21)20(12)16)15(22)9-18-6-3-5-17-18/h3,5-6,11-13H,4,7-10H2,1-2H3/t12-,13+,16-/m0/s1. The maximum Gasteiger partial charge on any atom is 0.244 e. The summed E-state index contributed by atoms with van der Waals surface area (Å²) in [6, 6.07) is 1.75. The first-order chi connectivity index (χ1) is 11.0. The summed E-state index contributed by atoms with van der Waals surface area (Å²) in [6.07, 6.45) is 4.51. The molecule has 3 aliphatic rings. The number of hydrogen-bond donors (Lipinski definition) is 0. The number of hydrogen-bond acceptors (Lipinski definition) is 4. The van der Waals surface area contributed by atoms with Gasteiger partial charge in [-0.1, -0.05) is 13.8 Å². The first kappa shape index (κ1) is 14.7. The van der Waals surface area contributed by atoms with Crippen molar-refractivity contribution >= 4 is 11.8 Å². The highest BCUT2D eigenvalue weighted by Crippen LogP contribution is 2.48. The molecule has 0 aromatic carbocycles. The van der Waals surface area contributed by atoms with E-state index in [1.165, 1.54) is 0 Å². The molecular formula is C16H22N4O3. The van der Waals surface area contributed by atoms with Crippen LogP contribution in [0.2, 0.25) is 0 Å². The van der Waals surface area contributed by atoms with E-state index >= 15 is 0 Å². The normalized spacial score (nSPS) is 32.7. The van der Waals surface area contributed by atoms with Crippen molar-refractivity contribution in [2.45, 2.75) is 51.0 Å². The van der Waals surface area contributed by atoms with Crippen LogP contribution in [0.5, 0.6) is 0 Å². The summed E-state index contributed by atoms with van der Waals surface area (Å²) in [5.41, 5.74) is -0.591. The summed E-state index contributed by atoms with van der Waals surface area (Å²) in [5, 5.41) is 4.09. The average molecular weight is 318 g/mol. The summed E-state index contributed by atoms with van der Waals surface area (Å²) < 4.78 is 7.76. The van der Waals surface area contributed by atoms with Gasteiger partial charge in [-0.3, -0.25) is 14.3 Å². The first-order valence-electron chi connectivity index (χ1n) is 8.26. The Balaban J connectivity index is 1.57. The fourth-order valence-electron chi connectivity index (χ4n) is 4.29. The molecule has 3 aliphatic heterocycles. The Hall–Kier alpha value is -1.89. The number of aromatic nitrogens is 2. The minimum atomic E-state index is -0.591. The van der Waals surface area contributed by atoms with Gasteiger partial charge in [0.2, 0.25) is 11.8 Å². The van der Waals surface area contributed by atoms with Gasteiger partial charge in [-0.05, 0) is 12.0 Å². The van der Waals surface area contributed by atoms with Crippen molar-refractivity contribution in [3.8, 4) is 0 Å². The zero-order valence-corrected chi connectivity index (χ0v) is 13.5. The van der Waals surface area contributed by atoms with Crippen LogP contribution in [0.3, 0.4) is 0 Å². The highest BCUT2D eigenvalue weighted by molar-refractivity contribution is 5.85. The number of likely N-dealkylation sites (tertiary alicyclic amines) is 1. The number of nitrogens with zero attached hydrogens (tertiary/aromatic N) is 4. The van der Waals surface area contributed by atoms with E-state index in [0.29, 0.717) is 31.9 Å². The Morgan fingerprint density at radius 3 is 3.04 bits per heavy atom. The number of carbonyl (C=O) groups is 2. The summed E-state index contributed by atoms with van der Waals surface area (Å²) in [5.74, 6) is 0.468. The Morgan fingerprint density at radius 2 is 2.35 bits per heavy atom. The molecule has 7 heteroatoms.